The standard InChI is InChI=1S/2C20H14O2S.2Ag.BrH.O/c2*1-13-10-11-14(20(21)22)12-19(13)23-17-8-4-2-6-15(17)16-7-3-5-9-18(16)23;;;;/h2*2-12H,1H3;;;1H;/p+1. The Hall–Kier alpha value is -3.54. The molecule has 2 heterocycles. The number of hydrogen-bond acceptors (Lipinski definition) is 4. The van der Waals surface area contributed by atoms with Gasteiger partial charge in [-0.25, -0.2) is 4.79 Å². The Kier molecular flexibility index (Phi) is 13.4. The van der Waals surface area contributed by atoms with Gasteiger partial charge < -0.3 is 15.0 Å². The fourth-order valence-corrected chi connectivity index (χ4v) is 11.2. The van der Waals surface area contributed by atoms with E-state index in [2.05, 4.69) is 79.7 Å². The van der Waals surface area contributed by atoms with Crippen molar-refractivity contribution in [2.75, 3.05) is 0 Å². The van der Waals surface area contributed by atoms with Crippen molar-refractivity contribution in [1.82, 2.24) is 0 Å². The van der Waals surface area contributed by atoms with Crippen LogP contribution in [0, 0.1) is 13.8 Å². The van der Waals surface area contributed by atoms with Crippen molar-refractivity contribution in [3.63, 3.8) is 0 Å². The zero-order valence-electron chi connectivity index (χ0n) is 26.6. The van der Waals surface area contributed by atoms with E-state index in [4.69, 9.17) is 3.25 Å². The summed E-state index contributed by atoms with van der Waals surface area (Å²) < 4.78 is 13.1. The van der Waals surface area contributed by atoms with Crippen LogP contribution in [0.1, 0.15) is 31.8 Å². The first-order chi connectivity index (χ1) is 23.3. The number of carbonyl (C=O) groups excluding carboxylic acids is 1. The van der Waals surface area contributed by atoms with Gasteiger partial charge in [0, 0.05) is 93.7 Å². The average Bonchev–Trinajstić information content (AvgIpc) is 3.63. The summed E-state index contributed by atoms with van der Waals surface area (Å²) in [5, 5.41) is 25.6. The van der Waals surface area contributed by atoms with E-state index in [0.717, 1.165) is 20.9 Å². The van der Waals surface area contributed by atoms with Crippen LogP contribution in [0.4, 0.5) is 0 Å². The van der Waals surface area contributed by atoms with Gasteiger partial charge >= 0.3 is 30.3 Å². The van der Waals surface area contributed by atoms with Crippen LogP contribution in [-0.4, -0.2) is 17.0 Å². The molecule has 0 atom stereocenters. The Morgan fingerprint density at radius 2 is 0.840 bits per heavy atom. The fraction of sp³-hybridized carbons (Fsp3) is 0.0500. The Labute approximate surface area is 333 Å². The predicted molar refractivity (Wildman–Crippen MR) is 202 cm³/mol. The summed E-state index contributed by atoms with van der Waals surface area (Å²) in [7, 11) is -0.512. The number of aromatic carboxylic acids is 2. The Bertz CT molecular complexity index is 2230. The van der Waals surface area contributed by atoms with Gasteiger partial charge in [-0.2, -0.15) is 0 Å². The van der Waals surface area contributed by atoms with Crippen LogP contribution in [0.15, 0.2) is 133 Å². The molecule has 0 amide bonds. The van der Waals surface area contributed by atoms with Crippen molar-refractivity contribution in [2.45, 2.75) is 13.8 Å². The number of carboxylic acid groups (broad SMARTS) is 2. The Balaban J connectivity index is 0.000000206. The molecule has 5 nitrogen and oxygen atoms in total. The van der Waals surface area contributed by atoms with Gasteiger partial charge in [0.2, 0.25) is 0 Å². The van der Waals surface area contributed by atoms with Crippen LogP contribution in [0.3, 0.4) is 0 Å². The molecule has 50 heavy (non-hydrogen) atoms. The van der Waals surface area contributed by atoms with Crippen LogP contribution in [0.5, 0.6) is 0 Å². The van der Waals surface area contributed by atoms with E-state index in [1.807, 2.05) is 49.4 Å². The Morgan fingerprint density at radius 3 is 1.16 bits per heavy atom. The van der Waals surface area contributed by atoms with E-state index in [1.54, 1.807) is 39.2 Å². The quantitative estimate of drug-likeness (QED) is 0.140. The van der Waals surface area contributed by atoms with Gasteiger partial charge in [-0.15, -0.1) is 17.0 Å². The number of rotatable bonds is 4. The van der Waals surface area contributed by atoms with Crippen molar-refractivity contribution in [3.8, 4) is 9.79 Å². The number of thiophene rings is 2. The SMILES string of the molecule is Br.Cc1ccc(C(=O)O)cc1-[s+]1c2ccccc2c2ccccc21.Cc1ccc(C(=O)[O-])cc1-[s+]1c2ccccc2c2ccccc21.[Ag].[O]=[Ag]. The summed E-state index contributed by atoms with van der Waals surface area (Å²) in [6.45, 7) is 4.09. The molecule has 0 aliphatic carbocycles. The topological polar surface area (TPSA) is 94.5 Å². The summed E-state index contributed by atoms with van der Waals surface area (Å²) >= 11 is 1.70. The molecule has 8 rings (SSSR count). The van der Waals surface area contributed by atoms with Crippen LogP contribution in [0.25, 0.3) is 50.1 Å². The number of halogens is 1. The minimum atomic E-state index is -1.13. The minimum absolute atomic E-state index is 0. The van der Waals surface area contributed by atoms with E-state index in [-0.39, 0.29) is 65.9 Å². The normalized spacial score (nSPS) is 10.4. The molecule has 10 heteroatoms. The third kappa shape index (κ3) is 7.41. The van der Waals surface area contributed by atoms with Crippen LogP contribution < -0.4 is 5.11 Å². The molecule has 0 bridgehead atoms. The first-order valence-electron chi connectivity index (χ1n) is 15.0. The molecule has 0 spiro atoms. The number of benzene rings is 6. The van der Waals surface area contributed by atoms with Crippen molar-refractivity contribution >= 4 is 90.2 Å². The number of aryl methyl sites for hydroxylation is 2. The zero-order valence-corrected chi connectivity index (χ0v) is 32.9. The third-order valence-corrected chi connectivity index (χ3v) is 13.2. The predicted octanol–water partition coefficient (Wildman–Crippen LogP) is 10.6. The first-order valence-corrected chi connectivity index (χ1v) is 18.0. The summed E-state index contributed by atoms with van der Waals surface area (Å²) in [5.74, 6) is -2.01. The van der Waals surface area contributed by atoms with Gasteiger partial charge in [0.25, 0.3) is 0 Å². The van der Waals surface area contributed by atoms with E-state index in [0.29, 0.717) is 5.56 Å². The van der Waals surface area contributed by atoms with Gasteiger partial charge in [-0.3, -0.25) is 0 Å². The second kappa shape index (κ2) is 17.1. The number of carboxylic acids is 2. The van der Waals surface area contributed by atoms with Gasteiger partial charge in [0.05, 0.1) is 11.5 Å². The zero-order chi connectivity index (χ0) is 33.9. The molecule has 0 fully saturated rings. The number of fused-ring (bicyclic) bond motifs is 6. The van der Waals surface area contributed by atoms with E-state index >= 15 is 0 Å². The van der Waals surface area contributed by atoms with Gasteiger partial charge in [0.1, 0.15) is 0 Å². The third-order valence-electron chi connectivity index (χ3n) is 8.31. The first kappa shape index (κ1) is 39.2. The monoisotopic (exact) mass is 947 g/mol. The molecule has 0 saturated carbocycles. The maximum absolute atomic E-state index is 11.4. The molecule has 0 aliphatic heterocycles. The second-order valence-corrected chi connectivity index (χ2v) is 15.0. The molecule has 6 aromatic carbocycles. The summed E-state index contributed by atoms with van der Waals surface area (Å²) in [6.07, 6.45) is 0. The van der Waals surface area contributed by atoms with E-state index < -0.39 is 11.9 Å². The molecular formula is C40H30Ag2BrO5S2+. The van der Waals surface area contributed by atoms with Gasteiger partial charge in [-0.05, 0) is 68.4 Å². The maximum atomic E-state index is 11.4. The number of hydrogen-bond donors (Lipinski definition) is 1. The molecule has 1 N–H and O–H groups in total. The van der Waals surface area contributed by atoms with Crippen molar-refractivity contribution < 1.29 is 66.5 Å². The van der Waals surface area contributed by atoms with Crippen molar-refractivity contribution in [1.29, 1.82) is 0 Å². The van der Waals surface area contributed by atoms with Crippen LogP contribution >= 0.6 is 37.9 Å². The molecule has 0 unspecified atom stereocenters. The summed E-state index contributed by atoms with van der Waals surface area (Å²) in [4.78, 5) is 24.8. The molecule has 1 radical (unpaired) electrons. The molecule has 260 valence electrons. The fourth-order valence-electron chi connectivity index (χ4n) is 6.08. The van der Waals surface area contributed by atoms with Crippen molar-refractivity contribution in [2.24, 2.45) is 0 Å². The second-order valence-electron chi connectivity index (χ2n) is 11.2. The molecular weight excluding hydrogens is 920 g/mol. The Morgan fingerprint density at radius 1 is 0.540 bits per heavy atom. The molecule has 0 aliphatic rings. The molecule has 8 aromatic rings. The summed E-state index contributed by atoms with van der Waals surface area (Å²) in [5.41, 5.74) is 2.81. The molecule has 0 saturated heterocycles. The van der Waals surface area contributed by atoms with Crippen molar-refractivity contribution in [3.05, 3.63) is 156 Å². The van der Waals surface area contributed by atoms with E-state index in [9.17, 15) is 19.8 Å². The van der Waals surface area contributed by atoms with Crippen LogP contribution in [-0.2, 0) is 46.7 Å². The summed E-state index contributed by atoms with van der Waals surface area (Å²) in [6, 6.07) is 44.3. The van der Waals surface area contributed by atoms with E-state index in [1.165, 1.54) is 40.3 Å². The van der Waals surface area contributed by atoms with Gasteiger partial charge in [-0.1, -0.05) is 66.7 Å². The van der Waals surface area contributed by atoms with Gasteiger partial charge in [0.15, 0.2) is 28.6 Å². The number of carbonyl (C=O) groups is 2. The molecule has 2 aromatic heterocycles. The average molecular weight is 950 g/mol. The van der Waals surface area contributed by atoms with Crippen LogP contribution in [0.2, 0.25) is 0 Å².